The Labute approximate surface area is 116 Å². The van der Waals surface area contributed by atoms with Gasteiger partial charge in [0.2, 0.25) is 5.91 Å². The summed E-state index contributed by atoms with van der Waals surface area (Å²) < 4.78 is 4.94. The molecule has 0 heterocycles. The summed E-state index contributed by atoms with van der Waals surface area (Å²) in [5.74, 6) is -0.350. The smallest absolute Gasteiger partial charge is 0.320 e. The van der Waals surface area contributed by atoms with Gasteiger partial charge in [0, 0.05) is 5.54 Å². The highest BCUT2D eigenvalue weighted by molar-refractivity contribution is 5.82. The Morgan fingerprint density at radius 1 is 1.26 bits per heavy atom. The van der Waals surface area contributed by atoms with E-state index in [-0.39, 0.29) is 30.0 Å². The van der Waals surface area contributed by atoms with Gasteiger partial charge in [0.1, 0.15) is 0 Å². The minimum atomic E-state index is -0.344. The van der Waals surface area contributed by atoms with Crippen molar-refractivity contribution >= 4 is 11.9 Å². The molecular formula is C14H28N2O3. The third-order valence-electron chi connectivity index (χ3n) is 2.57. The summed E-state index contributed by atoms with van der Waals surface area (Å²) in [7, 11) is 0. The van der Waals surface area contributed by atoms with E-state index >= 15 is 0 Å². The van der Waals surface area contributed by atoms with Crippen LogP contribution in [0.5, 0.6) is 0 Å². The third-order valence-corrected chi connectivity index (χ3v) is 2.57. The van der Waals surface area contributed by atoms with Crippen LogP contribution in [0.2, 0.25) is 0 Å². The topological polar surface area (TPSA) is 58.6 Å². The first-order chi connectivity index (χ1) is 8.71. The summed E-state index contributed by atoms with van der Waals surface area (Å²) in [5.41, 5.74) is -0.271. The fourth-order valence-electron chi connectivity index (χ4n) is 1.71. The number of carbonyl (C=O) groups is 2. The number of carbonyl (C=O) groups excluding carboxylic acids is 2. The van der Waals surface area contributed by atoms with Crippen molar-refractivity contribution in [1.82, 2.24) is 10.2 Å². The van der Waals surface area contributed by atoms with Crippen LogP contribution in [0, 0.1) is 0 Å². The first kappa shape index (κ1) is 17.9. The summed E-state index contributed by atoms with van der Waals surface area (Å²) in [5, 5.41) is 2.93. The molecule has 1 amide bonds. The normalized spacial score (nSPS) is 13.2. The molecule has 1 unspecified atom stereocenters. The Balaban J connectivity index is 4.59. The van der Waals surface area contributed by atoms with E-state index in [4.69, 9.17) is 4.74 Å². The highest BCUT2D eigenvalue weighted by Gasteiger charge is 2.25. The number of hydrogen-bond acceptors (Lipinski definition) is 4. The van der Waals surface area contributed by atoms with Gasteiger partial charge >= 0.3 is 5.97 Å². The van der Waals surface area contributed by atoms with Gasteiger partial charge in [0.25, 0.3) is 0 Å². The molecule has 0 aromatic rings. The number of esters is 1. The molecule has 0 bridgehead atoms. The van der Waals surface area contributed by atoms with Gasteiger partial charge in [0.05, 0.1) is 19.2 Å². The van der Waals surface area contributed by atoms with Crippen molar-refractivity contribution < 1.29 is 14.3 Å². The Kier molecular flexibility index (Phi) is 7.68. The molecule has 0 saturated heterocycles. The molecule has 5 heteroatoms. The second-order valence-electron chi connectivity index (χ2n) is 5.69. The first-order valence-corrected chi connectivity index (χ1v) is 6.93. The van der Waals surface area contributed by atoms with E-state index in [2.05, 4.69) is 5.32 Å². The van der Waals surface area contributed by atoms with Crippen LogP contribution in [0.15, 0.2) is 0 Å². The number of ether oxygens (including phenoxy) is 1. The zero-order chi connectivity index (χ0) is 15.1. The van der Waals surface area contributed by atoms with Crippen LogP contribution in [0.4, 0.5) is 0 Å². The molecule has 0 spiro atoms. The van der Waals surface area contributed by atoms with Gasteiger partial charge in [0.15, 0.2) is 0 Å². The SMILES string of the molecule is CCCN(CC(=O)OCC)C(C)C(=O)NC(C)(C)C. The summed E-state index contributed by atoms with van der Waals surface area (Å²) in [4.78, 5) is 25.5. The minimum Gasteiger partial charge on any atom is -0.465 e. The molecule has 19 heavy (non-hydrogen) atoms. The van der Waals surface area contributed by atoms with Crippen LogP contribution < -0.4 is 5.32 Å². The lowest BCUT2D eigenvalue weighted by atomic mass is 10.1. The molecular weight excluding hydrogens is 244 g/mol. The molecule has 0 aromatic carbocycles. The Morgan fingerprint density at radius 2 is 1.84 bits per heavy atom. The van der Waals surface area contributed by atoms with Gasteiger partial charge in [-0.25, -0.2) is 0 Å². The van der Waals surface area contributed by atoms with E-state index in [1.165, 1.54) is 0 Å². The molecule has 112 valence electrons. The van der Waals surface area contributed by atoms with E-state index in [1.54, 1.807) is 6.92 Å². The number of amides is 1. The highest BCUT2D eigenvalue weighted by Crippen LogP contribution is 2.05. The van der Waals surface area contributed by atoms with Crippen molar-refractivity contribution in [2.45, 2.75) is 59.5 Å². The van der Waals surface area contributed by atoms with Crippen LogP contribution in [0.25, 0.3) is 0 Å². The van der Waals surface area contributed by atoms with E-state index in [1.807, 2.05) is 39.5 Å². The molecule has 1 N–H and O–H groups in total. The van der Waals surface area contributed by atoms with Crippen LogP contribution in [0.3, 0.4) is 0 Å². The molecule has 0 fully saturated rings. The van der Waals surface area contributed by atoms with Crippen molar-refractivity contribution in [2.24, 2.45) is 0 Å². The zero-order valence-electron chi connectivity index (χ0n) is 13.1. The molecule has 0 aliphatic rings. The summed E-state index contributed by atoms with van der Waals surface area (Å²) in [6, 6.07) is -0.344. The van der Waals surface area contributed by atoms with Gasteiger partial charge in [-0.05, 0) is 47.6 Å². The highest BCUT2D eigenvalue weighted by atomic mass is 16.5. The van der Waals surface area contributed by atoms with Crippen LogP contribution in [0.1, 0.15) is 48.0 Å². The average Bonchev–Trinajstić information content (AvgIpc) is 2.25. The van der Waals surface area contributed by atoms with Gasteiger partial charge in [-0.15, -0.1) is 0 Å². The summed E-state index contributed by atoms with van der Waals surface area (Å²) >= 11 is 0. The van der Waals surface area contributed by atoms with E-state index < -0.39 is 0 Å². The molecule has 0 aliphatic carbocycles. The predicted molar refractivity (Wildman–Crippen MR) is 75.9 cm³/mol. The largest absolute Gasteiger partial charge is 0.465 e. The second-order valence-corrected chi connectivity index (χ2v) is 5.69. The standard InChI is InChI=1S/C14H28N2O3/c1-7-9-16(10-12(17)19-8-2)11(3)13(18)15-14(4,5)6/h11H,7-10H2,1-6H3,(H,15,18). The van der Waals surface area contributed by atoms with Crippen molar-refractivity contribution in [3.05, 3.63) is 0 Å². The monoisotopic (exact) mass is 272 g/mol. The quantitative estimate of drug-likeness (QED) is 0.715. The molecule has 0 aliphatic heterocycles. The summed E-state index contributed by atoms with van der Waals surface area (Å²) in [6.45, 7) is 12.6. The predicted octanol–water partition coefficient (Wildman–Crippen LogP) is 1.56. The lowest BCUT2D eigenvalue weighted by molar-refractivity contribution is -0.145. The number of rotatable bonds is 7. The molecule has 5 nitrogen and oxygen atoms in total. The molecule has 0 rings (SSSR count). The maximum atomic E-state index is 12.1. The third kappa shape index (κ3) is 7.82. The van der Waals surface area contributed by atoms with E-state index in [9.17, 15) is 9.59 Å². The van der Waals surface area contributed by atoms with Gasteiger partial charge < -0.3 is 10.1 Å². The fraction of sp³-hybridized carbons (Fsp3) is 0.857. The zero-order valence-corrected chi connectivity index (χ0v) is 13.1. The Morgan fingerprint density at radius 3 is 2.26 bits per heavy atom. The van der Waals surface area contributed by atoms with Crippen molar-refractivity contribution in [1.29, 1.82) is 0 Å². The van der Waals surface area contributed by atoms with Crippen molar-refractivity contribution in [2.75, 3.05) is 19.7 Å². The molecule has 0 saturated carbocycles. The number of nitrogens with one attached hydrogen (secondary N) is 1. The molecule has 0 aromatic heterocycles. The second kappa shape index (κ2) is 8.15. The maximum absolute atomic E-state index is 12.1. The van der Waals surface area contributed by atoms with E-state index in [0.29, 0.717) is 13.2 Å². The van der Waals surface area contributed by atoms with Gasteiger partial charge in [-0.1, -0.05) is 6.92 Å². The Bertz CT molecular complexity index is 298. The number of hydrogen-bond donors (Lipinski definition) is 1. The van der Waals surface area contributed by atoms with Crippen LogP contribution >= 0.6 is 0 Å². The van der Waals surface area contributed by atoms with Crippen LogP contribution in [-0.4, -0.2) is 48.1 Å². The van der Waals surface area contributed by atoms with Gasteiger partial charge in [-0.2, -0.15) is 0 Å². The van der Waals surface area contributed by atoms with Crippen molar-refractivity contribution in [3.8, 4) is 0 Å². The van der Waals surface area contributed by atoms with Crippen LogP contribution in [-0.2, 0) is 14.3 Å². The minimum absolute atomic E-state index is 0.0646. The van der Waals surface area contributed by atoms with Crippen molar-refractivity contribution in [3.63, 3.8) is 0 Å². The summed E-state index contributed by atoms with van der Waals surface area (Å²) in [6.07, 6.45) is 0.881. The number of nitrogens with zero attached hydrogens (tertiary/aromatic N) is 1. The Hall–Kier alpha value is -1.10. The maximum Gasteiger partial charge on any atom is 0.320 e. The van der Waals surface area contributed by atoms with E-state index in [0.717, 1.165) is 6.42 Å². The first-order valence-electron chi connectivity index (χ1n) is 6.93. The average molecular weight is 272 g/mol. The molecule has 0 radical (unpaired) electrons. The lowest BCUT2D eigenvalue weighted by Crippen LogP contribution is -2.52. The van der Waals surface area contributed by atoms with Gasteiger partial charge in [-0.3, -0.25) is 14.5 Å². The fourth-order valence-corrected chi connectivity index (χ4v) is 1.71. The molecule has 1 atom stereocenters. The lowest BCUT2D eigenvalue weighted by Gasteiger charge is -2.30.